The largest absolute Gasteiger partial charge is 0.346 e. The highest BCUT2D eigenvalue weighted by molar-refractivity contribution is 5.87. The highest BCUT2D eigenvalue weighted by Crippen LogP contribution is 2.44. The molecule has 1 spiro atoms. The first-order chi connectivity index (χ1) is 10.4. The van der Waals surface area contributed by atoms with E-state index in [1.54, 1.807) is 0 Å². The number of carbonyl (C=O) groups excluding carboxylic acids is 2. The molecule has 0 unspecified atom stereocenters. The summed E-state index contributed by atoms with van der Waals surface area (Å²) in [5.74, 6) is -0.129. The van der Waals surface area contributed by atoms with Crippen LogP contribution in [0.3, 0.4) is 0 Å². The number of carbonyl (C=O) groups is 2. The summed E-state index contributed by atoms with van der Waals surface area (Å²) in [7, 11) is 0. The molecule has 23 heavy (non-hydrogen) atoms. The van der Waals surface area contributed by atoms with Crippen molar-refractivity contribution in [1.29, 1.82) is 0 Å². The summed E-state index contributed by atoms with van der Waals surface area (Å²) in [5.41, 5.74) is 6.28. The Kier molecular flexibility index (Phi) is 7.81. The molecule has 1 saturated carbocycles. The third kappa shape index (κ3) is 5.35. The van der Waals surface area contributed by atoms with Crippen molar-refractivity contribution in [1.82, 2.24) is 10.2 Å². The van der Waals surface area contributed by atoms with Crippen LogP contribution in [0.4, 0.5) is 0 Å². The van der Waals surface area contributed by atoms with Crippen molar-refractivity contribution in [3.05, 3.63) is 0 Å². The summed E-state index contributed by atoms with van der Waals surface area (Å²) < 4.78 is 0. The van der Waals surface area contributed by atoms with Gasteiger partial charge in [0.1, 0.15) is 0 Å². The van der Waals surface area contributed by atoms with E-state index in [2.05, 4.69) is 5.32 Å². The number of hydrogen-bond acceptors (Lipinski definition) is 3. The SMILES string of the molecule is CC(C)[C@H](N)C(=O)NCC(=O)N1CCC2(CCCCC2)CC1.Cl. The molecule has 3 N–H and O–H groups in total. The number of nitrogens with zero attached hydrogens (tertiary/aromatic N) is 1. The Bertz CT molecular complexity index is 399. The second kappa shape index (κ2) is 8.88. The van der Waals surface area contributed by atoms with Gasteiger partial charge in [-0.1, -0.05) is 33.1 Å². The Morgan fingerprint density at radius 2 is 1.65 bits per heavy atom. The van der Waals surface area contributed by atoms with Crippen molar-refractivity contribution in [3.63, 3.8) is 0 Å². The van der Waals surface area contributed by atoms with E-state index < -0.39 is 6.04 Å². The molecular formula is C17H32ClN3O2. The number of rotatable bonds is 4. The van der Waals surface area contributed by atoms with Crippen molar-refractivity contribution < 1.29 is 9.59 Å². The molecule has 0 aromatic heterocycles. The predicted octanol–water partition coefficient (Wildman–Crippen LogP) is 2.08. The molecule has 5 nitrogen and oxygen atoms in total. The van der Waals surface area contributed by atoms with Crippen LogP contribution < -0.4 is 11.1 Å². The summed E-state index contributed by atoms with van der Waals surface area (Å²) in [6, 6.07) is -0.542. The minimum atomic E-state index is -0.542. The fourth-order valence-corrected chi connectivity index (χ4v) is 3.73. The van der Waals surface area contributed by atoms with Gasteiger partial charge in [-0.3, -0.25) is 9.59 Å². The maximum atomic E-state index is 12.2. The van der Waals surface area contributed by atoms with Crippen LogP contribution in [-0.2, 0) is 9.59 Å². The van der Waals surface area contributed by atoms with E-state index in [1.807, 2.05) is 18.7 Å². The third-order valence-electron chi connectivity index (χ3n) is 5.53. The maximum Gasteiger partial charge on any atom is 0.241 e. The van der Waals surface area contributed by atoms with E-state index in [9.17, 15) is 9.59 Å². The van der Waals surface area contributed by atoms with E-state index in [4.69, 9.17) is 5.73 Å². The van der Waals surface area contributed by atoms with Crippen molar-refractivity contribution in [2.45, 2.75) is 64.8 Å². The molecule has 1 aliphatic carbocycles. The summed E-state index contributed by atoms with van der Waals surface area (Å²) in [4.78, 5) is 25.9. The molecular weight excluding hydrogens is 314 g/mol. The minimum Gasteiger partial charge on any atom is -0.346 e. The number of halogens is 1. The molecule has 6 heteroatoms. The maximum absolute atomic E-state index is 12.2. The minimum absolute atomic E-state index is 0. The van der Waals surface area contributed by atoms with E-state index in [0.29, 0.717) is 5.41 Å². The zero-order valence-corrected chi connectivity index (χ0v) is 15.3. The molecule has 1 atom stereocenters. The molecule has 2 rings (SSSR count). The van der Waals surface area contributed by atoms with Crippen molar-refractivity contribution in [2.24, 2.45) is 17.1 Å². The Morgan fingerprint density at radius 1 is 1.09 bits per heavy atom. The second-order valence-corrected chi connectivity index (χ2v) is 7.43. The molecule has 1 saturated heterocycles. The molecule has 1 heterocycles. The molecule has 1 aliphatic heterocycles. The lowest BCUT2D eigenvalue weighted by molar-refractivity contribution is -0.135. The van der Waals surface area contributed by atoms with Crippen LogP contribution >= 0.6 is 12.4 Å². The lowest BCUT2D eigenvalue weighted by atomic mass is 9.68. The van der Waals surface area contributed by atoms with Gasteiger partial charge < -0.3 is 16.0 Å². The van der Waals surface area contributed by atoms with E-state index in [-0.39, 0.29) is 36.7 Å². The Labute approximate surface area is 146 Å². The van der Waals surface area contributed by atoms with Crippen LogP contribution in [0.1, 0.15) is 58.8 Å². The number of piperidine rings is 1. The summed E-state index contributed by atoms with van der Waals surface area (Å²) in [6.45, 7) is 5.56. The fraction of sp³-hybridized carbons (Fsp3) is 0.882. The molecule has 2 aliphatic rings. The van der Waals surface area contributed by atoms with Crippen molar-refractivity contribution in [3.8, 4) is 0 Å². The van der Waals surface area contributed by atoms with E-state index in [1.165, 1.54) is 32.1 Å². The lowest BCUT2D eigenvalue weighted by Gasteiger charge is -2.44. The lowest BCUT2D eigenvalue weighted by Crippen LogP contribution is -2.50. The van der Waals surface area contributed by atoms with Crippen LogP contribution in [0, 0.1) is 11.3 Å². The highest BCUT2D eigenvalue weighted by Gasteiger charge is 2.36. The van der Waals surface area contributed by atoms with Crippen molar-refractivity contribution >= 4 is 24.2 Å². The quantitative estimate of drug-likeness (QED) is 0.819. The molecule has 0 radical (unpaired) electrons. The summed E-state index contributed by atoms with van der Waals surface area (Å²) >= 11 is 0. The monoisotopic (exact) mass is 345 g/mol. The first-order valence-corrected chi connectivity index (χ1v) is 8.75. The fourth-order valence-electron chi connectivity index (χ4n) is 3.73. The van der Waals surface area contributed by atoms with Crippen LogP contribution in [0.2, 0.25) is 0 Å². The average Bonchev–Trinajstić information content (AvgIpc) is 2.53. The molecule has 2 amide bonds. The van der Waals surface area contributed by atoms with Gasteiger partial charge >= 0.3 is 0 Å². The van der Waals surface area contributed by atoms with Gasteiger partial charge in [0.25, 0.3) is 0 Å². The van der Waals surface area contributed by atoms with Crippen LogP contribution in [0.5, 0.6) is 0 Å². The van der Waals surface area contributed by atoms with Gasteiger partial charge in [0.2, 0.25) is 11.8 Å². The zero-order valence-electron chi connectivity index (χ0n) is 14.5. The van der Waals surface area contributed by atoms with Gasteiger partial charge in [-0.25, -0.2) is 0 Å². The summed E-state index contributed by atoms with van der Waals surface area (Å²) in [5, 5.41) is 2.68. The van der Waals surface area contributed by atoms with E-state index in [0.717, 1.165) is 25.9 Å². The molecule has 134 valence electrons. The molecule has 2 fully saturated rings. The van der Waals surface area contributed by atoms with Crippen LogP contribution in [-0.4, -0.2) is 42.4 Å². The second-order valence-electron chi connectivity index (χ2n) is 7.43. The topological polar surface area (TPSA) is 75.4 Å². The van der Waals surface area contributed by atoms with Gasteiger partial charge in [-0.2, -0.15) is 0 Å². The molecule has 0 aromatic carbocycles. The Balaban J connectivity index is 0.00000264. The summed E-state index contributed by atoms with van der Waals surface area (Å²) in [6.07, 6.45) is 8.96. The standard InChI is InChI=1S/C17H31N3O2.ClH/c1-13(2)15(18)16(22)19-12-14(21)20-10-8-17(9-11-20)6-4-3-5-7-17;/h13,15H,3-12,18H2,1-2H3,(H,19,22);1H/t15-;/m0./s1. The van der Waals surface area contributed by atoms with Gasteiger partial charge in [0.15, 0.2) is 0 Å². The highest BCUT2D eigenvalue weighted by atomic mass is 35.5. The van der Waals surface area contributed by atoms with E-state index >= 15 is 0 Å². The average molecular weight is 346 g/mol. The van der Waals surface area contributed by atoms with Gasteiger partial charge in [0, 0.05) is 13.1 Å². The molecule has 0 aromatic rings. The van der Waals surface area contributed by atoms with Gasteiger partial charge in [0.05, 0.1) is 12.6 Å². The van der Waals surface area contributed by atoms with Gasteiger partial charge in [-0.15, -0.1) is 12.4 Å². The third-order valence-corrected chi connectivity index (χ3v) is 5.53. The zero-order chi connectivity index (χ0) is 16.2. The number of amides is 2. The number of likely N-dealkylation sites (tertiary alicyclic amines) is 1. The normalized spacial score (nSPS) is 21.7. The molecule has 0 bridgehead atoms. The Hall–Kier alpha value is -0.810. The van der Waals surface area contributed by atoms with Crippen LogP contribution in [0.15, 0.2) is 0 Å². The van der Waals surface area contributed by atoms with Crippen molar-refractivity contribution in [2.75, 3.05) is 19.6 Å². The predicted molar refractivity (Wildman–Crippen MR) is 94.4 cm³/mol. The van der Waals surface area contributed by atoms with Crippen LogP contribution in [0.25, 0.3) is 0 Å². The first kappa shape index (κ1) is 20.2. The Morgan fingerprint density at radius 3 is 2.17 bits per heavy atom. The first-order valence-electron chi connectivity index (χ1n) is 8.75. The van der Waals surface area contributed by atoms with Gasteiger partial charge in [-0.05, 0) is 37.0 Å². The number of nitrogens with two attached hydrogens (primary N) is 1. The number of nitrogens with one attached hydrogen (secondary N) is 1. The number of hydrogen-bond donors (Lipinski definition) is 2. The smallest absolute Gasteiger partial charge is 0.241 e.